The van der Waals surface area contributed by atoms with E-state index in [4.69, 9.17) is 198 Å². The van der Waals surface area contributed by atoms with Crippen molar-refractivity contribution in [3.8, 4) is 125 Å². The third kappa shape index (κ3) is 12.0. The standard InChI is InChI=1S/C75H33Cl12N8O6.Zn/c76-51-43-47(55(80)63(59(51)84)98-36-30-28-35(29-31-36)75(96)97)71-88-67(43)90-72-49-45(53(78)61(86)65(57(49)82)100-41-26-14-11-23-38(41)33-18-6-2-7-19-33)69(92-72)94-74-50-46(54(79)62(87)66(58(50)83)101-42-27-15-12-24-39(42)34-20-8-3-9-21-34)70(95-74)93-73-48-44(68(89-71)91-73)52(77)60(85)64(56(48)81)99-40-25-13-10-22-37(40)32-16-4-1-5-17-32;/h1-31H,(H2-,88,89,90,91,92,93,94,95,96,97);/q-1;+2/p-1. The number of benzene rings is 11. The van der Waals surface area contributed by atoms with Gasteiger partial charge in [0.25, 0.3) is 0 Å². The quantitative estimate of drug-likeness (QED) is 0.0901. The molecule has 0 aliphatic carbocycles. The first kappa shape index (κ1) is 69.3. The van der Waals surface area contributed by atoms with Crippen molar-refractivity contribution in [3.05, 3.63) is 254 Å². The minimum absolute atomic E-state index is 0. The molecule has 0 radical (unpaired) electrons. The minimum Gasteiger partial charge on any atom is -0.478 e. The van der Waals surface area contributed by atoms with Gasteiger partial charge in [0.05, 0.1) is 69.0 Å². The molecule has 0 saturated carbocycles. The van der Waals surface area contributed by atoms with Gasteiger partial charge in [0, 0.05) is 83.1 Å². The molecule has 16 rings (SSSR count). The van der Waals surface area contributed by atoms with E-state index in [1.54, 1.807) is 36.4 Å². The first-order chi connectivity index (χ1) is 48.9. The molecule has 14 nitrogen and oxygen atoms in total. The smallest absolute Gasteiger partial charge is 0.478 e. The number of aromatic nitrogens is 8. The van der Waals surface area contributed by atoms with Crippen molar-refractivity contribution in [2.75, 3.05) is 0 Å². The summed E-state index contributed by atoms with van der Waals surface area (Å²) >= 11 is 90.1. The number of ether oxygens (including phenoxy) is 4. The Balaban J connectivity index is 0.00000841. The molecule has 2 aliphatic heterocycles. The Hall–Kier alpha value is -8.45. The summed E-state index contributed by atoms with van der Waals surface area (Å²) in [5.41, 5.74) is 3.83. The molecule has 0 spiro atoms. The van der Waals surface area contributed by atoms with Gasteiger partial charge in [-0.15, -0.1) is 0 Å². The summed E-state index contributed by atoms with van der Waals surface area (Å²) in [7, 11) is 0. The Morgan fingerprint density at radius 2 is 0.569 bits per heavy atom. The fraction of sp³-hybridized carbons (Fsp3) is 0. The number of carboxylic acid groups (broad SMARTS) is 1. The van der Waals surface area contributed by atoms with Crippen molar-refractivity contribution >= 4 is 189 Å². The number of aromatic carboxylic acids is 1. The Labute approximate surface area is 650 Å². The first-order valence-corrected chi connectivity index (χ1v) is 34.5. The summed E-state index contributed by atoms with van der Waals surface area (Å²) in [6.07, 6.45) is 0. The molecule has 3 aromatic heterocycles. The van der Waals surface area contributed by atoms with Crippen LogP contribution in [0.2, 0.25) is 60.3 Å². The average Bonchev–Trinajstić information content (AvgIpc) is 1.56. The summed E-state index contributed by atoms with van der Waals surface area (Å²) in [5, 5.41) is 7.89. The van der Waals surface area contributed by atoms with Crippen molar-refractivity contribution in [1.29, 1.82) is 0 Å². The zero-order chi connectivity index (χ0) is 69.8. The van der Waals surface area contributed by atoms with Gasteiger partial charge in [0.15, 0.2) is 23.0 Å². The molecule has 0 fully saturated rings. The molecular formula is C75H32Cl12N8O6Zn. The molecule has 494 valence electrons. The third-order valence-corrected chi connectivity index (χ3v) is 21.3. The van der Waals surface area contributed by atoms with Crippen LogP contribution in [0, 0.1) is 0 Å². The van der Waals surface area contributed by atoms with E-state index in [-0.39, 0.29) is 204 Å². The number of nitrogens with zero attached hydrogens (tertiary/aromatic N) is 8. The largest absolute Gasteiger partial charge is 2.00 e. The number of hydrogen-bond donors (Lipinski definition) is 1. The van der Waals surface area contributed by atoms with E-state index < -0.39 is 5.97 Å². The fourth-order valence-corrected chi connectivity index (χ4v) is 15.3. The molecular weight excluding hydrogens is 1600 g/mol. The van der Waals surface area contributed by atoms with Gasteiger partial charge in [-0.05, 0) is 59.2 Å². The second kappa shape index (κ2) is 28.0. The predicted octanol–water partition coefficient (Wildman–Crippen LogP) is 25.8. The summed E-state index contributed by atoms with van der Waals surface area (Å²) < 4.78 is 26.6. The molecule has 102 heavy (non-hydrogen) atoms. The molecule has 0 atom stereocenters. The maximum atomic E-state index is 11.9. The van der Waals surface area contributed by atoms with E-state index in [9.17, 15) is 9.90 Å². The first-order valence-electron chi connectivity index (χ1n) is 29.9. The van der Waals surface area contributed by atoms with E-state index in [0.717, 1.165) is 16.7 Å². The number of carboxylic acids is 1. The minimum atomic E-state index is -1.17. The second-order valence-electron chi connectivity index (χ2n) is 22.4. The maximum absolute atomic E-state index is 11.9. The van der Waals surface area contributed by atoms with Gasteiger partial charge in [0.1, 0.15) is 43.1 Å². The van der Waals surface area contributed by atoms with Crippen molar-refractivity contribution < 1.29 is 48.3 Å². The Kier molecular flexibility index (Phi) is 19.0. The summed E-state index contributed by atoms with van der Waals surface area (Å²) in [4.78, 5) is 52.7. The van der Waals surface area contributed by atoms with Crippen LogP contribution in [0.25, 0.3) is 123 Å². The summed E-state index contributed by atoms with van der Waals surface area (Å²) in [6, 6.07) is 55.8. The monoisotopic (exact) mass is 1620 g/mol. The van der Waals surface area contributed by atoms with Crippen molar-refractivity contribution in [3.63, 3.8) is 0 Å². The second-order valence-corrected chi connectivity index (χ2v) is 26.9. The SMILES string of the molecule is O=C(O)c1ccc(Oc2c(Cl)c(Cl)c3c4nc5nc(nc6[n-]c(nc7nc(nc([n-]4)c3c2Cl)-c2c(Cl)c(Cl)c(Oc3ccccc3-c3ccccc3)c(Cl)c2-7)c2c(Cl)c(Cl)c(Oc3ccccc3-c3ccccc3)c(Cl)c62)-c2c(Cl)c(Cl)c(Oc3ccccc3-c3ccccc3)c(Cl)c2-5)cc1.[Zn+2]. The van der Waals surface area contributed by atoms with E-state index in [0.29, 0.717) is 33.9 Å². The van der Waals surface area contributed by atoms with E-state index in [2.05, 4.69) is 0 Å². The van der Waals surface area contributed by atoms with E-state index in [1.807, 2.05) is 127 Å². The van der Waals surface area contributed by atoms with Crippen LogP contribution in [0.4, 0.5) is 0 Å². The molecule has 1 N–H and O–H groups in total. The molecule has 14 aromatic rings. The zero-order valence-corrected chi connectivity index (χ0v) is 63.2. The van der Waals surface area contributed by atoms with Gasteiger partial charge in [-0.2, -0.15) is 0 Å². The van der Waals surface area contributed by atoms with Gasteiger partial charge in [-0.3, -0.25) is 0 Å². The number of para-hydroxylation sites is 3. The van der Waals surface area contributed by atoms with Crippen LogP contribution in [0.5, 0.6) is 46.0 Å². The molecule has 0 unspecified atom stereocenters. The molecule has 0 saturated heterocycles. The van der Waals surface area contributed by atoms with Gasteiger partial charge >= 0.3 is 25.4 Å². The van der Waals surface area contributed by atoms with Crippen LogP contribution in [0.3, 0.4) is 0 Å². The normalized spacial score (nSPS) is 11.5. The van der Waals surface area contributed by atoms with E-state index >= 15 is 0 Å². The van der Waals surface area contributed by atoms with Crippen molar-refractivity contribution in [2.45, 2.75) is 0 Å². The van der Waals surface area contributed by atoms with Gasteiger partial charge in [-0.25, -0.2) is 14.8 Å². The van der Waals surface area contributed by atoms with Gasteiger partial charge < -0.3 is 54.0 Å². The van der Waals surface area contributed by atoms with Crippen LogP contribution in [0.15, 0.2) is 188 Å². The van der Waals surface area contributed by atoms with Crippen LogP contribution in [0.1, 0.15) is 10.4 Å². The Morgan fingerprint density at radius 3 is 0.902 bits per heavy atom. The molecule has 2 aliphatic rings. The van der Waals surface area contributed by atoms with E-state index in [1.165, 1.54) is 24.3 Å². The summed E-state index contributed by atoms with van der Waals surface area (Å²) in [5.74, 6) is -1.24. The molecule has 27 heteroatoms. The number of halogens is 12. The van der Waals surface area contributed by atoms with Crippen LogP contribution < -0.4 is 28.9 Å². The Morgan fingerprint density at radius 1 is 0.294 bits per heavy atom. The molecule has 5 heterocycles. The summed E-state index contributed by atoms with van der Waals surface area (Å²) in [6.45, 7) is 0. The maximum Gasteiger partial charge on any atom is 2.00 e. The van der Waals surface area contributed by atoms with Crippen molar-refractivity contribution in [2.24, 2.45) is 0 Å². The van der Waals surface area contributed by atoms with Gasteiger partial charge in [-0.1, -0.05) is 285 Å². The van der Waals surface area contributed by atoms with Crippen LogP contribution in [-0.2, 0) is 19.5 Å². The Bertz CT molecular complexity index is 5960. The predicted molar refractivity (Wildman–Crippen MR) is 403 cm³/mol. The average molecular weight is 1630 g/mol. The number of fused-ring (bicyclic) bond motifs is 20. The number of carbonyl (C=O) groups is 1. The molecule has 11 aromatic carbocycles. The third-order valence-electron chi connectivity index (χ3n) is 16.5. The fourth-order valence-electron chi connectivity index (χ4n) is 11.8. The number of hydrogen-bond acceptors (Lipinski definition) is 11. The van der Waals surface area contributed by atoms with Crippen LogP contribution >= 0.6 is 139 Å². The number of rotatable bonds is 12. The topological polar surface area (TPSA) is 180 Å². The molecule has 0 amide bonds. The zero-order valence-electron chi connectivity index (χ0n) is 51.2. The van der Waals surface area contributed by atoms with Crippen molar-refractivity contribution in [1.82, 2.24) is 39.9 Å². The molecule has 8 bridgehead atoms. The van der Waals surface area contributed by atoms with Gasteiger partial charge in [0.2, 0.25) is 0 Å². The van der Waals surface area contributed by atoms with Crippen LogP contribution in [-0.4, -0.2) is 41.0 Å².